The molecule has 1 aliphatic heterocycles. The second kappa shape index (κ2) is 5.69. The molecule has 0 aliphatic carbocycles. The molecule has 1 amide bonds. The van der Waals surface area contributed by atoms with Gasteiger partial charge in [0.25, 0.3) is 0 Å². The highest BCUT2D eigenvalue weighted by Gasteiger charge is 2.28. The molecule has 0 aromatic carbocycles. The summed E-state index contributed by atoms with van der Waals surface area (Å²) in [6.07, 6.45) is 1.24. The van der Waals surface area contributed by atoms with Crippen molar-refractivity contribution in [1.82, 2.24) is 5.32 Å². The molecule has 92 valence electrons. The van der Waals surface area contributed by atoms with Crippen molar-refractivity contribution in [3.63, 3.8) is 0 Å². The summed E-state index contributed by atoms with van der Waals surface area (Å²) in [4.78, 5) is 11.7. The molecule has 1 aliphatic rings. The molecule has 6 heteroatoms. The van der Waals surface area contributed by atoms with E-state index in [0.29, 0.717) is 13.0 Å². The minimum Gasteiger partial charge on any atom is -0.409 e. The lowest BCUT2D eigenvalue weighted by molar-refractivity contribution is -0.125. The smallest absolute Gasteiger partial charge is 0.225 e. The van der Waals surface area contributed by atoms with Crippen molar-refractivity contribution >= 4 is 11.7 Å². The molecule has 3 atom stereocenters. The van der Waals surface area contributed by atoms with E-state index in [0.717, 1.165) is 6.42 Å². The van der Waals surface area contributed by atoms with Gasteiger partial charge in [0.05, 0.1) is 18.6 Å². The van der Waals surface area contributed by atoms with Crippen LogP contribution in [0.3, 0.4) is 0 Å². The lowest BCUT2D eigenvalue weighted by Gasteiger charge is -2.15. The standard InChI is InChI=1S/C10H19N3O3/c1-6(3-9(11)13-15)12-10(14)8-4-7(2)16-5-8/h6-8,15H,3-5H2,1-2H3,(H2,11,13)(H,12,14). The first-order valence-corrected chi connectivity index (χ1v) is 5.41. The van der Waals surface area contributed by atoms with Gasteiger partial charge in [-0.05, 0) is 20.3 Å². The van der Waals surface area contributed by atoms with Gasteiger partial charge in [-0.2, -0.15) is 0 Å². The molecular weight excluding hydrogens is 210 g/mol. The van der Waals surface area contributed by atoms with E-state index >= 15 is 0 Å². The summed E-state index contributed by atoms with van der Waals surface area (Å²) in [5.41, 5.74) is 5.35. The fraction of sp³-hybridized carbons (Fsp3) is 0.800. The molecule has 6 nitrogen and oxygen atoms in total. The van der Waals surface area contributed by atoms with Gasteiger partial charge >= 0.3 is 0 Å². The van der Waals surface area contributed by atoms with Gasteiger partial charge < -0.3 is 21.0 Å². The number of nitrogens with two attached hydrogens (primary N) is 1. The molecule has 1 heterocycles. The minimum atomic E-state index is -0.140. The van der Waals surface area contributed by atoms with Crippen LogP contribution in [0, 0.1) is 5.92 Å². The minimum absolute atomic E-state index is 0.0254. The van der Waals surface area contributed by atoms with Gasteiger partial charge in [-0.1, -0.05) is 5.16 Å². The zero-order valence-electron chi connectivity index (χ0n) is 9.64. The molecule has 4 N–H and O–H groups in total. The van der Waals surface area contributed by atoms with Crippen molar-refractivity contribution in [3.05, 3.63) is 0 Å². The predicted octanol–water partition coefficient (Wildman–Crippen LogP) is 0.0526. The Morgan fingerprint density at radius 2 is 2.44 bits per heavy atom. The molecule has 0 radical (unpaired) electrons. The van der Waals surface area contributed by atoms with Crippen molar-refractivity contribution in [3.8, 4) is 0 Å². The predicted molar refractivity (Wildman–Crippen MR) is 59.2 cm³/mol. The van der Waals surface area contributed by atoms with E-state index in [2.05, 4.69) is 10.5 Å². The van der Waals surface area contributed by atoms with Gasteiger partial charge in [0.2, 0.25) is 5.91 Å². The fourth-order valence-electron chi connectivity index (χ4n) is 1.77. The van der Waals surface area contributed by atoms with Crippen molar-refractivity contribution in [2.24, 2.45) is 16.8 Å². The highest BCUT2D eigenvalue weighted by atomic mass is 16.5. The normalized spacial score (nSPS) is 27.8. The second-order valence-corrected chi connectivity index (χ2v) is 4.28. The van der Waals surface area contributed by atoms with Crippen LogP contribution in [0.25, 0.3) is 0 Å². The van der Waals surface area contributed by atoms with Gasteiger partial charge in [-0.3, -0.25) is 4.79 Å². The highest BCUT2D eigenvalue weighted by Crippen LogP contribution is 2.19. The summed E-state index contributed by atoms with van der Waals surface area (Å²) in [6.45, 7) is 4.24. The molecule has 3 unspecified atom stereocenters. The van der Waals surface area contributed by atoms with Gasteiger partial charge in [0.15, 0.2) is 0 Å². The zero-order valence-corrected chi connectivity index (χ0v) is 9.64. The van der Waals surface area contributed by atoms with Gasteiger partial charge in [-0.15, -0.1) is 0 Å². The molecule has 0 spiro atoms. The Morgan fingerprint density at radius 1 is 1.75 bits per heavy atom. The first-order chi connectivity index (χ1) is 7.52. The largest absolute Gasteiger partial charge is 0.409 e. The summed E-state index contributed by atoms with van der Waals surface area (Å²) < 4.78 is 5.32. The number of oxime groups is 1. The maximum absolute atomic E-state index is 11.7. The summed E-state index contributed by atoms with van der Waals surface area (Å²) in [7, 11) is 0. The lowest BCUT2D eigenvalue weighted by atomic mass is 10.0. The van der Waals surface area contributed by atoms with Crippen LogP contribution < -0.4 is 11.1 Å². The Bertz CT molecular complexity index is 280. The van der Waals surface area contributed by atoms with E-state index in [-0.39, 0.29) is 29.8 Å². The van der Waals surface area contributed by atoms with E-state index in [9.17, 15) is 4.79 Å². The number of carbonyl (C=O) groups excluding carboxylic acids is 1. The van der Waals surface area contributed by atoms with Crippen LogP contribution in [-0.4, -0.2) is 35.7 Å². The number of amides is 1. The summed E-state index contributed by atoms with van der Waals surface area (Å²) in [5, 5.41) is 14.1. The summed E-state index contributed by atoms with van der Waals surface area (Å²) in [6, 6.07) is -0.140. The Hall–Kier alpha value is -1.30. The van der Waals surface area contributed by atoms with Crippen LogP contribution in [0.5, 0.6) is 0 Å². The number of ether oxygens (including phenoxy) is 1. The molecule has 1 saturated heterocycles. The third-order valence-corrected chi connectivity index (χ3v) is 2.60. The number of nitrogens with one attached hydrogen (secondary N) is 1. The molecule has 16 heavy (non-hydrogen) atoms. The third kappa shape index (κ3) is 3.69. The highest BCUT2D eigenvalue weighted by molar-refractivity contribution is 5.82. The van der Waals surface area contributed by atoms with Crippen LogP contribution >= 0.6 is 0 Å². The third-order valence-electron chi connectivity index (χ3n) is 2.60. The maximum atomic E-state index is 11.7. The van der Waals surface area contributed by atoms with Gasteiger partial charge in [0, 0.05) is 12.5 Å². The number of amidine groups is 1. The summed E-state index contributed by atoms with van der Waals surface area (Å²) in [5.74, 6) is 0.0103. The zero-order chi connectivity index (χ0) is 12.1. The summed E-state index contributed by atoms with van der Waals surface area (Å²) >= 11 is 0. The molecular formula is C10H19N3O3. The van der Waals surface area contributed by atoms with Crippen molar-refractivity contribution < 1.29 is 14.7 Å². The van der Waals surface area contributed by atoms with E-state index in [1.807, 2.05) is 13.8 Å². The van der Waals surface area contributed by atoms with E-state index in [1.165, 1.54) is 0 Å². The second-order valence-electron chi connectivity index (χ2n) is 4.28. The van der Waals surface area contributed by atoms with Crippen LogP contribution in [-0.2, 0) is 9.53 Å². The number of carbonyl (C=O) groups is 1. The number of rotatable bonds is 4. The molecule has 0 aromatic rings. The quantitative estimate of drug-likeness (QED) is 0.275. The molecule has 0 aromatic heterocycles. The van der Waals surface area contributed by atoms with E-state index in [4.69, 9.17) is 15.7 Å². The number of nitrogens with zero attached hydrogens (tertiary/aromatic N) is 1. The van der Waals surface area contributed by atoms with Crippen molar-refractivity contribution in [2.75, 3.05) is 6.61 Å². The number of hydrogen-bond donors (Lipinski definition) is 3. The van der Waals surface area contributed by atoms with Gasteiger partial charge in [0.1, 0.15) is 5.84 Å². The molecule has 0 bridgehead atoms. The van der Waals surface area contributed by atoms with Gasteiger partial charge in [-0.25, -0.2) is 0 Å². The van der Waals surface area contributed by atoms with E-state index < -0.39 is 0 Å². The Balaban J connectivity index is 2.33. The Morgan fingerprint density at radius 3 is 2.94 bits per heavy atom. The first-order valence-electron chi connectivity index (χ1n) is 5.41. The van der Waals surface area contributed by atoms with Crippen LogP contribution in [0.1, 0.15) is 26.7 Å². The first kappa shape index (κ1) is 12.8. The van der Waals surface area contributed by atoms with Crippen LogP contribution in [0.15, 0.2) is 5.16 Å². The Labute approximate surface area is 94.8 Å². The maximum Gasteiger partial charge on any atom is 0.225 e. The SMILES string of the molecule is CC(CC(N)=NO)NC(=O)C1COC(C)C1. The lowest BCUT2D eigenvalue weighted by Crippen LogP contribution is -2.39. The monoisotopic (exact) mass is 229 g/mol. The average Bonchev–Trinajstić information content (AvgIpc) is 2.64. The topological polar surface area (TPSA) is 96.9 Å². The van der Waals surface area contributed by atoms with Crippen molar-refractivity contribution in [1.29, 1.82) is 0 Å². The molecule has 0 saturated carbocycles. The average molecular weight is 229 g/mol. The van der Waals surface area contributed by atoms with Crippen molar-refractivity contribution in [2.45, 2.75) is 38.8 Å². The van der Waals surface area contributed by atoms with E-state index in [1.54, 1.807) is 0 Å². The fourth-order valence-corrected chi connectivity index (χ4v) is 1.77. The number of hydrogen-bond acceptors (Lipinski definition) is 4. The Kier molecular flexibility index (Phi) is 4.54. The molecule has 1 rings (SSSR count). The van der Waals surface area contributed by atoms with Crippen LogP contribution in [0.4, 0.5) is 0 Å². The van der Waals surface area contributed by atoms with Crippen LogP contribution in [0.2, 0.25) is 0 Å². The molecule has 1 fully saturated rings.